The van der Waals surface area contributed by atoms with E-state index in [2.05, 4.69) is 10.2 Å². The van der Waals surface area contributed by atoms with E-state index in [4.69, 9.17) is 0 Å². The minimum atomic E-state index is -4.43. The molecule has 5 nitrogen and oxygen atoms in total. The first kappa shape index (κ1) is 27.4. The Kier molecular flexibility index (Phi) is 8.84. The van der Waals surface area contributed by atoms with Gasteiger partial charge < -0.3 is 15.1 Å². The van der Waals surface area contributed by atoms with E-state index in [0.29, 0.717) is 23.4 Å². The number of aryl methyl sites for hydroxylation is 1. The number of hydrogen-bond acceptors (Lipinski definition) is 3. The Hall–Kier alpha value is -3.65. The Balaban J connectivity index is 1.48. The SMILES string of the molecule is Cc1ccccc1C(=O)N(Cc1ccc(C(F)(F)F)cc1)c1ccc(CC(=O)NCCN2CCCC2)cc1. The number of amides is 2. The summed E-state index contributed by atoms with van der Waals surface area (Å²) in [5.41, 5.74) is 2.56. The highest BCUT2D eigenvalue weighted by Gasteiger charge is 2.30. The first-order valence-electron chi connectivity index (χ1n) is 12.8. The maximum absolute atomic E-state index is 13.6. The van der Waals surface area contributed by atoms with Gasteiger partial charge in [-0.1, -0.05) is 42.5 Å². The molecule has 38 heavy (non-hydrogen) atoms. The highest BCUT2D eigenvalue weighted by atomic mass is 19.4. The Morgan fingerprint density at radius 2 is 1.53 bits per heavy atom. The molecular weight excluding hydrogens is 491 g/mol. The molecule has 0 aliphatic carbocycles. The zero-order valence-corrected chi connectivity index (χ0v) is 21.4. The van der Waals surface area contributed by atoms with Gasteiger partial charge in [-0.2, -0.15) is 13.2 Å². The largest absolute Gasteiger partial charge is 0.416 e. The predicted molar refractivity (Wildman–Crippen MR) is 142 cm³/mol. The fraction of sp³-hybridized carbons (Fsp3) is 0.333. The van der Waals surface area contributed by atoms with E-state index in [1.807, 2.05) is 19.1 Å². The number of benzene rings is 3. The maximum atomic E-state index is 13.6. The summed E-state index contributed by atoms with van der Waals surface area (Å²) in [7, 11) is 0. The molecule has 3 aromatic rings. The number of alkyl halides is 3. The molecule has 3 aromatic carbocycles. The second kappa shape index (κ2) is 12.3. The van der Waals surface area contributed by atoms with Crippen molar-refractivity contribution in [1.29, 1.82) is 0 Å². The van der Waals surface area contributed by atoms with Crippen molar-refractivity contribution in [3.8, 4) is 0 Å². The first-order valence-corrected chi connectivity index (χ1v) is 12.8. The van der Waals surface area contributed by atoms with E-state index in [9.17, 15) is 22.8 Å². The van der Waals surface area contributed by atoms with Crippen LogP contribution in [-0.2, 0) is 23.9 Å². The number of anilines is 1. The lowest BCUT2D eigenvalue weighted by Crippen LogP contribution is -2.34. The summed E-state index contributed by atoms with van der Waals surface area (Å²) in [6.45, 7) is 5.58. The maximum Gasteiger partial charge on any atom is 0.416 e. The minimum Gasteiger partial charge on any atom is -0.355 e. The van der Waals surface area contributed by atoms with Gasteiger partial charge in [-0.05, 0) is 79.9 Å². The summed E-state index contributed by atoms with van der Waals surface area (Å²) in [6.07, 6.45) is -1.78. The smallest absolute Gasteiger partial charge is 0.355 e. The lowest BCUT2D eigenvalue weighted by Gasteiger charge is -2.24. The van der Waals surface area contributed by atoms with E-state index in [1.54, 1.807) is 41.3 Å². The third kappa shape index (κ3) is 7.22. The molecule has 0 radical (unpaired) electrons. The highest BCUT2D eigenvalue weighted by Crippen LogP contribution is 2.30. The molecule has 1 saturated heterocycles. The standard InChI is InChI=1S/C30H32F3N3O2/c1-22-6-2-3-7-27(22)29(38)36(21-24-8-12-25(13-9-24)30(31,32)33)26-14-10-23(11-15-26)20-28(37)34-16-19-35-17-4-5-18-35/h2-3,6-15H,4-5,16-21H2,1H3,(H,34,37). The quantitative estimate of drug-likeness (QED) is 0.396. The number of rotatable bonds is 9. The zero-order chi connectivity index (χ0) is 27.1. The van der Waals surface area contributed by atoms with Gasteiger partial charge in [-0.3, -0.25) is 9.59 Å². The van der Waals surface area contributed by atoms with Crippen LogP contribution in [0, 0.1) is 6.92 Å². The average Bonchev–Trinajstić information content (AvgIpc) is 3.41. The average molecular weight is 524 g/mol. The van der Waals surface area contributed by atoms with Gasteiger partial charge >= 0.3 is 6.18 Å². The fourth-order valence-electron chi connectivity index (χ4n) is 4.62. The van der Waals surface area contributed by atoms with Crippen molar-refractivity contribution in [2.24, 2.45) is 0 Å². The van der Waals surface area contributed by atoms with E-state index >= 15 is 0 Å². The van der Waals surface area contributed by atoms with Gasteiger partial charge in [0.05, 0.1) is 18.5 Å². The topological polar surface area (TPSA) is 52.7 Å². The molecule has 200 valence electrons. The van der Waals surface area contributed by atoms with Crippen molar-refractivity contribution < 1.29 is 22.8 Å². The van der Waals surface area contributed by atoms with E-state index in [0.717, 1.165) is 42.9 Å². The van der Waals surface area contributed by atoms with Gasteiger partial charge in [0.1, 0.15) is 0 Å². The minimum absolute atomic E-state index is 0.0606. The lowest BCUT2D eigenvalue weighted by molar-refractivity contribution is -0.137. The molecule has 0 saturated carbocycles. The lowest BCUT2D eigenvalue weighted by atomic mass is 10.0. The third-order valence-electron chi connectivity index (χ3n) is 6.80. The van der Waals surface area contributed by atoms with Crippen molar-refractivity contribution >= 4 is 17.5 Å². The van der Waals surface area contributed by atoms with E-state index in [1.165, 1.54) is 25.0 Å². The number of nitrogens with one attached hydrogen (secondary N) is 1. The molecule has 4 rings (SSSR count). The Morgan fingerprint density at radius 1 is 0.895 bits per heavy atom. The Morgan fingerprint density at radius 3 is 2.16 bits per heavy atom. The molecule has 0 unspecified atom stereocenters. The summed E-state index contributed by atoms with van der Waals surface area (Å²) in [6, 6.07) is 19.2. The van der Waals surface area contributed by atoms with Crippen LogP contribution in [0.1, 0.15) is 45.5 Å². The van der Waals surface area contributed by atoms with Crippen LogP contribution in [0.5, 0.6) is 0 Å². The number of halogens is 3. The summed E-state index contributed by atoms with van der Waals surface area (Å²) in [4.78, 5) is 29.9. The number of hydrogen-bond donors (Lipinski definition) is 1. The number of nitrogens with zero attached hydrogens (tertiary/aromatic N) is 2. The highest BCUT2D eigenvalue weighted by molar-refractivity contribution is 6.07. The van der Waals surface area contributed by atoms with Gasteiger partial charge in [0.2, 0.25) is 5.91 Å². The van der Waals surface area contributed by atoms with E-state index in [-0.39, 0.29) is 24.8 Å². The molecule has 1 heterocycles. The van der Waals surface area contributed by atoms with Crippen molar-refractivity contribution in [1.82, 2.24) is 10.2 Å². The van der Waals surface area contributed by atoms with E-state index < -0.39 is 11.7 Å². The Labute approximate surface area is 221 Å². The van der Waals surface area contributed by atoms with Gasteiger partial charge in [0.15, 0.2) is 0 Å². The van der Waals surface area contributed by atoms with Crippen LogP contribution < -0.4 is 10.2 Å². The molecule has 0 aromatic heterocycles. The van der Waals surface area contributed by atoms with Crippen LogP contribution in [0.25, 0.3) is 0 Å². The summed E-state index contributed by atoms with van der Waals surface area (Å²) in [5.74, 6) is -0.315. The van der Waals surface area contributed by atoms with Gasteiger partial charge in [0.25, 0.3) is 5.91 Å². The number of carbonyl (C=O) groups is 2. The van der Waals surface area contributed by atoms with Gasteiger partial charge in [0, 0.05) is 24.3 Å². The molecule has 1 N–H and O–H groups in total. The second-order valence-electron chi connectivity index (χ2n) is 9.64. The van der Waals surface area contributed by atoms with Crippen molar-refractivity contribution in [3.05, 3.63) is 101 Å². The van der Waals surface area contributed by atoms with Crippen molar-refractivity contribution in [3.63, 3.8) is 0 Å². The molecule has 1 aliphatic heterocycles. The van der Waals surface area contributed by atoms with Gasteiger partial charge in [-0.15, -0.1) is 0 Å². The predicted octanol–water partition coefficient (Wildman–Crippen LogP) is 5.62. The second-order valence-corrected chi connectivity index (χ2v) is 9.64. The van der Waals surface area contributed by atoms with Crippen LogP contribution in [0.15, 0.2) is 72.8 Å². The normalized spacial score (nSPS) is 13.9. The molecule has 1 fully saturated rings. The van der Waals surface area contributed by atoms with Crippen LogP contribution >= 0.6 is 0 Å². The number of carbonyl (C=O) groups excluding carboxylic acids is 2. The molecule has 0 atom stereocenters. The summed E-state index contributed by atoms with van der Waals surface area (Å²) >= 11 is 0. The third-order valence-corrected chi connectivity index (χ3v) is 6.80. The van der Waals surface area contributed by atoms with Crippen LogP contribution in [0.2, 0.25) is 0 Å². The molecule has 8 heteroatoms. The Bertz CT molecular complexity index is 1230. The van der Waals surface area contributed by atoms with Crippen LogP contribution in [-0.4, -0.2) is 42.9 Å². The number of likely N-dealkylation sites (tertiary alicyclic amines) is 1. The van der Waals surface area contributed by atoms with Crippen LogP contribution in [0.4, 0.5) is 18.9 Å². The first-order chi connectivity index (χ1) is 18.2. The van der Waals surface area contributed by atoms with Gasteiger partial charge in [-0.25, -0.2) is 0 Å². The van der Waals surface area contributed by atoms with Crippen molar-refractivity contribution in [2.45, 2.75) is 38.9 Å². The fourth-order valence-corrected chi connectivity index (χ4v) is 4.62. The molecule has 2 amide bonds. The summed E-state index contributed by atoms with van der Waals surface area (Å²) in [5, 5.41) is 2.96. The molecule has 0 spiro atoms. The van der Waals surface area contributed by atoms with Crippen LogP contribution in [0.3, 0.4) is 0 Å². The molecule has 0 bridgehead atoms. The summed E-state index contributed by atoms with van der Waals surface area (Å²) < 4.78 is 39.0. The monoisotopic (exact) mass is 523 g/mol. The van der Waals surface area contributed by atoms with Crippen molar-refractivity contribution in [2.75, 3.05) is 31.1 Å². The molecule has 1 aliphatic rings. The molecular formula is C30H32F3N3O2. The zero-order valence-electron chi connectivity index (χ0n) is 21.4.